The molecule has 0 heterocycles. The highest BCUT2D eigenvalue weighted by atomic mass is 19.4. The summed E-state index contributed by atoms with van der Waals surface area (Å²) >= 11 is 0. The standard InChI is InChI=1S/C16H20F3NO4/c1-3-24-14(22)8-9-20(10-11(2)21)15(23)12-4-6-13(7-5-12)16(17,18)19/h4-7,11,21H,3,8-10H2,1-2H3. The summed E-state index contributed by atoms with van der Waals surface area (Å²) in [5.74, 6) is -1.05. The number of aliphatic hydroxyl groups is 1. The first-order chi connectivity index (χ1) is 11.1. The van der Waals surface area contributed by atoms with E-state index < -0.39 is 29.7 Å². The van der Waals surface area contributed by atoms with E-state index in [9.17, 15) is 27.9 Å². The molecule has 0 bridgehead atoms. The van der Waals surface area contributed by atoms with E-state index in [0.717, 1.165) is 24.3 Å². The molecule has 0 aromatic heterocycles. The van der Waals surface area contributed by atoms with Crippen LogP contribution in [0, 0.1) is 0 Å². The zero-order valence-corrected chi connectivity index (χ0v) is 13.5. The summed E-state index contributed by atoms with van der Waals surface area (Å²) in [5.41, 5.74) is -0.805. The van der Waals surface area contributed by atoms with Gasteiger partial charge in [0.15, 0.2) is 0 Å². The molecule has 1 rings (SSSR count). The summed E-state index contributed by atoms with van der Waals surface area (Å²) in [4.78, 5) is 25.0. The monoisotopic (exact) mass is 347 g/mol. The van der Waals surface area contributed by atoms with Gasteiger partial charge in [-0.05, 0) is 38.1 Å². The zero-order valence-electron chi connectivity index (χ0n) is 13.5. The van der Waals surface area contributed by atoms with Crippen LogP contribution in [0.15, 0.2) is 24.3 Å². The van der Waals surface area contributed by atoms with Crippen LogP contribution in [-0.4, -0.2) is 47.7 Å². The highest BCUT2D eigenvalue weighted by molar-refractivity contribution is 5.94. The van der Waals surface area contributed by atoms with E-state index in [1.807, 2.05) is 0 Å². The summed E-state index contributed by atoms with van der Waals surface area (Å²) in [6.45, 7) is 3.29. The number of esters is 1. The lowest BCUT2D eigenvalue weighted by atomic mass is 10.1. The van der Waals surface area contributed by atoms with E-state index in [4.69, 9.17) is 4.74 Å². The molecule has 0 aliphatic rings. The summed E-state index contributed by atoms with van der Waals surface area (Å²) in [7, 11) is 0. The molecule has 8 heteroatoms. The molecule has 0 spiro atoms. The Labute approximate surface area is 138 Å². The van der Waals surface area contributed by atoms with Gasteiger partial charge in [-0.2, -0.15) is 13.2 Å². The Kier molecular flexibility index (Phi) is 7.21. The van der Waals surface area contributed by atoms with Crippen LogP contribution in [0.4, 0.5) is 13.2 Å². The van der Waals surface area contributed by atoms with E-state index in [1.165, 1.54) is 11.8 Å². The van der Waals surface area contributed by atoms with Crippen LogP contribution in [0.25, 0.3) is 0 Å². The lowest BCUT2D eigenvalue weighted by Gasteiger charge is -2.24. The molecule has 1 N–H and O–H groups in total. The second kappa shape index (κ2) is 8.68. The minimum absolute atomic E-state index is 0.00356. The lowest BCUT2D eigenvalue weighted by Crippen LogP contribution is -2.38. The summed E-state index contributed by atoms with van der Waals surface area (Å²) in [5, 5.41) is 9.48. The molecule has 0 fully saturated rings. The first-order valence-electron chi connectivity index (χ1n) is 7.45. The average Bonchev–Trinajstić information content (AvgIpc) is 2.50. The molecule has 0 saturated carbocycles. The second-order valence-corrected chi connectivity index (χ2v) is 5.23. The number of aliphatic hydroxyl groups excluding tert-OH is 1. The van der Waals surface area contributed by atoms with Gasteiger partial charge >= 0.3 is 12.1 Å². The average molecular weight is 347 g/mol. The van der Waals surface area contributed by atoms with Crippen molar-refractivity contribution in [2.24, 2.45) is 0 Å². The van der Waals surface area contributed by atoms with Crippen molar-refractivity contribution < 1.29 is 32.6 Å². The Morgan fingerprint density at radius 1 is 1.25 bits per heavy atom. The maximum atomic E-state index is 12.6. The number of carbonyl (C=O) groups excluding carboxylic acids is 2. The number of alkyl halides is 3. The smallest absolute Gasteiger partial charge is 0.416 e. The topological polar surface area (TPSA) is 66.8 Å². The van der Waals surface area contributed by atoms with Crippen molar-refractivity contribution >= 4 is 11.9 Å². The highest BCUT2D eigenvalue weighted by Gasteiger charge is 2.30. The number of carbonyl (C=O) groups is 2. The van der Waals surface area contributed by atoms with Crippen molar-refractivity contribution in [3.63, 3.8) is 0 Å². The Morgan fingerprint density at radius 3 is 2.29 bits per heavy atom. The van der Waals surface area contributed by atoms with Crippen LogP contribution in [0.5, 0.6) is 0 Å². The van der Waals surface area contributed by atoms with Gasteiger partial charge in [0.1, 0.15) is 0 Å². The molecule has 1 unspecified atom stereocenters. The molecule has 134 valence electrons. The first-order valence-corrected chi connectivity index (χ1v) is 7.45. The number of halogens is 3. The van der Waals surface area contributed by atoms with Gasteiger partial charge in [0.25, 0.3) is 5.91 Å². The molecule has 24 heavy (non-hydrogen) atoms. The molecule has 5 nitrogen and oxygen atoms in total. The third-order valence-corrected chi connectivity index (χ3v) is 3.12. The molecule has 0 radical (unpaired) electrons. The van der Waals surface area contributed by atoms with Crippen LogP contribution < -0.4 is 0 Å². The number of hydrogen-bond donors (Lipinski definition) is 1. The molecule has 1 aromatic rings. The Morgan fingerprint density at radius 2 is 1.83 bits per heavy atom. The minimum atomic E-state index is -4.48. The molecule has 1 aromatic carbocycles. The molecule has 1 atom stereocenters. The van der Waals surface area contributed by atoms with Gasteiger partial charge < -0.3 is 14.7 Å². The van der Waals surface area contributed by atoms with E-state index in [2.05, 4.69) is 0 Å². The number of hydrogen-bond acceptors (Lipinski definition) is 4. The van der Waals surface area contributed by atoms with Gasteiger partial charge in [-0.1, -0.05) is 0 Å². The van der Waals surface area contributed by atoms with Crippen molar-refractivity contribution in [3.8, 4) is 0 Å². The predicted molar refractivity (Wildman–Crippen MR) is 80.3 cm³/mol. The van der Waals surface area contributed by atoms with Crippen molar-refractivity contribution in [1.82, 2.24) is 4.90 Å². The van der Waals surface area contributed by atoms with Crippen LogP contribution in [-0.2, 0) is 15.7 Å². The van der Waals surface area contributed by atoms with E-state index >= 15 is 0 Å². The van der Waals surface area contributed by atoms with Crippen LogP contribution >= 0.6 is 0 Å². The molecule has 0 saturated heterocycles. The van der Waals surface area contributed by atoms with Crippen LogP contribution in [0.3, 0.4) is 0 Å². The van der Waals surface area contributed by atoms with Crippen molar-refractivity contribution in [1.29, 1.82) is 0 Å². The van der Waals surface area contributed by atoms with Crippen LogP contribution in [0.2, 0.25) is 0 Å². The van der Waals surface area contributed by atoms with E-state index in [1.54, 1.807) is 6.92 Å². The minimum Gasteiger partial charge on any atom is -0.466 e. The number of benzene rings is 1. The number of amides is 1. The molecular formula is C16H20F3NO4. The number of nitrogens with zero attached hydrogens (tertiary/aromatic N) is 1. The Hall–Kier alpha value is -2.09. The molecule has 0 aliphatic carbocycles. The van der Waals surface area contributed by atoms with Gasteiger partial charge in [-0.25, -0.2) is 0 Å². The molecule has 1 amide bonds. The highest BCUT2D eigenvalue weighted by Crippen LogP contribution is 2.29. The summed E-state index contributed by atoms with van der Waals surface area (Å²) < 4.78 is 42.4. The maximum Gasteiger partial charge on any atom is 0.416 e. The zero-order chi connectivity index (χ0) is 18.3. The quantitative estimate of drug-likeness (QED) is 0.770. The third-order valence-electron chi connectivity index (χ3n) is 3.12. The largest absolute Gasteiger partial charge is 0.466 e. The molecule has 0 aliphatic heterocycles. The maximum absolute atomic E-state index is 12.6. The van der Waals surface area contributed by atoms with Gasteiger partial charge in [0.05, 0.1) is 24.7 Å². The van der Waals surface area contributed by atoms with Crippen molar-refractivity contribution in [2.75, 3.05) is 19.7 Å². The van der Waals surface area contributed by atoms with Crippen molar-refractivity contribution in [2.45, 2.75) is 32.5 Å². The SMILES string of the molecule is CCOC(=O)CCN(CC(C)O)C(=O)c1ccc(C(F)(F)F)cc1. The summed E-state index contributed by atoms with van der Waals surface area (Å²) in [6.07, 6.45) is -5.39. The normalized spacial score (nSPS) is 12.6. The van der Waals surface area contributed by atoms with Crippen molar-refractivity contribution in [3.05, 3.63) is 35.4 Å². The predicted octanol–water partition coefficient (Wildman–Crippen LogP) is 2.48. The first kappa shape index (κ1) is 20.0. The number of rotatable bonds is 7. The third kappa shape index (κ3) is 6.19. The fourth-order valence-electron chi connectivity index (χ4n) is 2.04. The second-order valence-electron chi connectivity index (χ2n) is 5.23. The fraction of sp³-hybridized carbons (Fsp3) is 0.500. The van der Waals surface area contributed by atoms with Crippen LogP contribution in [0.1, 0.15) is 36.2 Å². The fourth-order valence-corrected chi connectivity index (χ4v) is 2.04. The van der Waals surface area contributed by atoms with E-state index in [0.29, 0.717) is 0 Å². The Bertz CT molecular complexity index is 555. The van der Waals surface area contributed by atoms with Gasteiger partial charge in [-0.3, -0.25) is 9.59 Å². The Balaban J connectivity index is 2.85. The van der Waals surface area contributed by atoms with Gasteiger partial charge in [-0.15, -0.1) is 0 Å². The summed E-state index contributed by atoms with van der Waals surface area (Å²) in [6, 6.07) is 3.79. The molecular weight excluding hydrogens is 327 g/mol. The number of ether oxygens (including phenoxy) is 1. The van der Waals surface area contributed by atoms with Gasteiger partial charge in [0.2, 0.25) is 0 Å². The van der Waals surface area contributed by atoms with E-state index in [-0.39, 0.29) is 31.7 Å². The lowest BCUT2D eigenvalue weighted by molar-refractivity contribution is -0.143. The van der Waals surface area contributed by atoms with Gasteiger partial charge in [0, 0.05) is 18.7 Å².